The first-order valence-electron chi connectivity index (χ1n) is 11.9. The van der Waals surface area contributed by atoms with Crippen LogP contribution in [0.2, 0.25) is 0 Å². The second kappa shape index (κ2) is 10.3. The molecular weight excluding hydrogens is 478 g/mol. The van der Waals surface area contributed by atoms with Gasteiger partial charge in [-0.05, 0) is 67.8 Å². The molecule has 35 heavy (non-hydrogen) atoms. The summed E-state index contributed by atoms with van der Waals surface area (Å²) in [6.45, 7) is 3.11. The maximum absolute atomic E-state index is 13.6. The van der Waals surface area contributed by atoms with Crippen LogP contribution in [0.1, 0.15) is 42.4 Å². The van der Waals surface area contributed by atoms with E-state index in [2.05, 4.69) is 10.6 Å². The number of amides is 1. The number of benzene rings is 1. The third kappa shape index (κ3) is 5.94. The van der Waals surface area contributed by atoms with Crippen molar-refractivity contribution in [1.29, 1.82) is 0 Å². The van der Waals surface area contributed by atoms with Crippen molar-refractivity contribution in [1.82, 2.24) is 10.6 Å². The molecule has 3 aliphatic rings. The highest BCUT2D eigenvalue weighted by atomic mass is 19.4. The summed E-state index contributed by atoms with van der Waals surface area (Å²) in [6.07, 6.45) is -6.89. The number of rotatable bonds is 7. The molecule has 11 heteroatoms. The highest BCUT2D eigenvalue weighted by Gasteiger charge is 2.51. The zero-order chi connectivity index (χ0) is 25.3. The fourth-order valence-electron chi connectivity index (χ4n) is 5.64. The lowest BCUT2D eigenvalue weighted by Crippen LogP contribution is -2.51. The van der Waals surface area contributed by atoms with Crippen molar-refractivity contribution in [2.24, 2.45) is 23.2 Å². The first kappa shape index (κ1) is 26.2. The topological polar surface area (TPSA) is 59.6 Å². The summed E-state index contributed by atoms with van der Waals surface area (Å²) < 4.78 is 90.2. The van der Waals surface area contributed by atoms with Gasteiger partial charge >= 0.3 is 12.4 Å². The average molecular weight is 509 g/mol. The zero-order valence-corrected chi connectivity index (χ0v) is 19.2. The van der Waals surface area contributed by atoms with Gasteiger partial charge in [-0.2, -0.15) is 26.3 Å². The largest absolute Gasteiger partial charge is 0.416 e. The summed E-state index contributed by atoms with van der Waals surface area (Å²) in [5, 5.41) is 5.95. The third-order valence-corrected chi connectivity index (χ3v) is 7.58. The van der Waals surface area contributed by atoms with Gasteiger partial charge in [0.25, 0.3) is 0 Å². The van der Waals surface area contributed by atoms with Crippen LogP contribution in [0.4, 0.5) is 26.3 Å². The van der Waals surface area contributed by atoms with E-state index in [0.29, 0.717) is 64.0 Å². The number of ether oxygens (including phenoxy) is 2. The number of alkyl halides is 6. The van der Waals surface area contributed by atoms with Crippen LogP contribution in [0.3, 0.4) is 0 Å². The van der Waals surface area contributed by atoms with E-state index in [4.69, 9.17) is 9.47 Å². The second-order valence-electron chi connectivity index (χ2n) is 9.88. The zero-order valence-electron chi connectivity index (χ0n) is 19.2. The molecular formula is C24H30F6N2O3. The van der Waals surface area contributed by atoms with E-state index >= 15 is 0 Å². The SMILES string of the molecule is O=C(NCc1cc(C(F)(F)F)cc(C(F)(F)F)c1)C1(C(CC2COC2)C2CCOCC2)CCNC1. The first-order chi connectivity index (χ1) is 16.5. The van der Waals surface area contributed by atoms with Gasteiger partial charge in [0, 0.05) is 32.2 Å². The lowest BCUT2D eigenvalue weighted by molar-refractivity contribution is -0.143. The van der Waals surface area contributed by atoms with Gasteiger partial charge in [0.15, 0.2) is 0 Å². The number of carbonyl (C=O) groups is 1. The number of carbonyl (C=O) groups excluding carboxylic acids is 1. The Bertz CT molecular complexity index is 856. The van der Waals surface area contributed by atoms with Gasteiger partial charge in [-0.15, -0.1) is 0 Å². The van der Waals surface area contributed by atoms with Crippen molar-refractivity contribution in [2.75, 3.05) is 39.5 Å². The molecule has 1 amide bonds. The van der Waals surface area contributed by atoms with Gasteiger partial charge in [-0.25, -0.2) is 0 Å². The molecule has 1 aromatic carbocycles. The number of nitrogens with one attached hydrogen (secondary N) is 2. The fourth-order valence-corrected chi connectivity index (χ4v) is 5.64. The van der Waals surface area contributed by atoms with Crippen LogP contribution in [0, 0.1) is 23.2 Å². The molecule has 196 valence electrons. The Labute approximate surface area is 199 Å². The van der Waals surface area contributed by atoms with E-state index in [0.717, 1.165) is 19.3 Å². The van der Waals surface area contributed by atoms with Crippen LogP contribution in [0.25, 0.3) is 0 Å². The Balaban J connectivity index is 1.56. The normalized spacial score (nSPS) is 25.3. The Hall–Kier alpha value is -1.85. The van der Waals surface area contributed by atoms with Crippen LogP contribution >= 0.6 is 0 Å². The minimum Gasteiger partial charge on any atom is -0.381 e. The summed E-state index contributed by atoms with van der Waals surface area (Å²) in [4.78, 5) is 13.6. The molecule has 3 fully saturated rings. The van der Waals surface area contributed by atoms with Crippen molar-refractivity contribution in [3.8, 4) is 0 Å². The maximum Gasteiger partial charge on any atom is 0.416 e. The van der Waals surface area contributed by atoms with Gasteiger partial charge in [0.05, 0.1) is 29.8 Å². The maximum atomic E-state index is 13.6. The monoisotopic (exact) mass is 508 g/mol. The molecule has 0 aromatic heterocycles. The summed E-state index contributed by atoms with van der Waals surface area (Å²) in [5.41, 5.74) is -3.80. The molecule has 4 rings (SSSR count). The molecule has 0 radical (unpaired) electrons. The Morgan fingerprint density at radius 2 is 1.66 bits per heavy atom. The lowest BCUT2D eigenvalue weighted by Gasteiger charge is -2.44. The predicted octanol–water partition coefficient (Wildman–Crippen LogP) is 4.40. The predicted molar refractivity (Wildman–Crippen MR) is 114 cm³/mol. The van der Waals surface area contributed by atoms with Crippen LogP contribution in [0.5, 0.6) is 0 Å². The molecule has 2 N–H and O–H groups in total. The molecule has 0 aliphatic carbocycles. The fraction of sp³-hybridized carbons (Fsp3) is 0.708. The quantitative estimate of drug-likeness (QED) is 0.537. The second-order valence-corrected chi connectivity index (χ2v) is 9.88. The summed E-state index contributed by atoms with van der Waals surface area (Å²) in [7, 11) is 0. The van der Waals surface area contributed by atoms with E-state index in [-0.39, 0.29) is 29.4 Å². The van der Waals surface area contributed by atoms with Crippen LogP contribution in [0.15, 0.2) is 18.2 Å². The summed E-state index contributed by atoms with van der Waals surface area (Å²) >= 11 is 0. The molecule has 3 saturated heterocycles. The van der Waals surface area contributed by atoms with E-state index in [1.165, 1.54) is 0 Å². The average Bonchev–Trinajstić information content (AvgIpc) is 3.27. The lowest BCUT2D eigenvalue weighted by atomic mass is 9.63. The van der Waals surface area contributed by atoms with Gasteiger partial charge in [-0.3, -0.25) is 4.79 Å². The molecule has 3 aliphatic heterocycles. The van der Waals surface area contributed by atoms with Gasteiger partial charge < -0.3 is 20.1 Å². The summed E-state index contributed by atoms with van der Waals surface area (Å²) in [6, 6.07) is 1.42. The molecule has 1 aromatic rings. The van der Waals surface area contributed by atoms with Gasteiger partial charge in [-0.1, -0.05) is 0 Å². The molecule has 0 bridgehead atoms. The third-order valence-electron chi connectivity index (χ3n) is 7.58. The number of hydrogen-bond acceptors (Lipinski definition) is 4. The highest BCUT2D eigenvalue weighted by Crippen LogP contribution is 2.46. The first-order valence-corrected chi connectivity index (χ1v) is 11.9. The van der Waals surface area contributed by atoms with Gasteiger partial charge in [0.2, 0.25) is 5.91 Å². The highest BCUT2D eigenvalue weighted by molar-refractivity contribution is 5.83. The van der Waals surface area contributed by atoms with Gasteiger partial charge in [0.1, 0.15) is 0 Å². The van der Waals surface area contributed by atoms with E-state index in [1.54, 1.807) is 0 Å². The van der Waals surface area contributed by atoms with Crippen molar-refractivity contribution < 1.29 is 40.6 Å². The van der Waals surface area contributed by atoms with Crippen molar-refractivity contribution in [3.63, 3.8) is 0 Å². The Morgan fingerprint density at radius 3 is 2.14 bits per heavy atom. The van der Waals surface area contributed by atoms with Crippen molar-refractivity contribution in [2.45, 2.75) is 44.6 Å². The van der Waals surface area contributed by atoms with E-state index in [1.807, 2.05) is 0 Å². The molecule has 2 atom stereocenters. The molecule has 3 heterocycles. The van der Waals surface area contributed by atoms with E-state index < -0.39 is 35.4 Å². The summed E-state index contributed by atoms with van der Waals surface area (Å²) in [5.74, 6) is 0.277. The molecule has 0 saturated carbocycles. The van der Waals surface area contributed by atoms with Crippen LogP contribution in [-0.2, 0) is 33.2 Å². The minimum absolute atomic E-state index is 0.0162. The van der Waals surface area contributed by atoms with Crippen LogP contribution in [-0.4, -0.2) is 45.4 Å². The number of halogens is 6. The number of hydrogen-bond donors (Lipinski definition) is 2. The van der Waals surface area contributed by atoms with Crippen molar-refractivity contribution >= 4 is 5.91 Å². The molecule has 0 spiro atoms. The van der Waals surface area contributed by atoms with E-state index in [9.17, 15) is 31.1 Å². The Morgan fingerprint density at radius 1 is 1.03 bits per heavy atom. The van der Waals surface area contributed by atoms with Crippen molar-refractivity contribution in [3.05, 3.63) is 34.9 Å². The minimum atomic E-state index is -4.93. The molecule has 2 unspecified atom stereocenters. The standard InChI is InChI=1S/C24H30F6N2O3/c25-23(26,27)18-7-15(8-19(10-18)24(28,29)30)11-32-21(33)22(3-4-31-14-22)20(9-16-12-35-13-16)17-1-5-34-6-2-17/h7-8,10,16-17,20,31H,1-6,9,11-14H2,(H,32,33). The van der Waals surface area contributed by atoms with Crippen LogP contribution < -0.4 is 10.6 Å². The Kier molecular flexibility index (Phi) is 7.68. The smallest absolute Gasteiger partial charge is 0.381 e. The molecule has 5 nitrogen and oxygen atoms in total.